The lowest BCUT2D eigenvalue weighted by Crippen LogP contribution is -2.26. The summed E-state index contributed by atoms with van der Waals surface area (Å²) in [5, 5.41) is 19.3. The Labute approximate surface area is 852 Å². The molecule has 0 saturated carbocycles. The van der Waals surface area contributed by atoms with Crippen LogP contribution in [0.5, 0.6) is 5.88 Å². The van der Waals surface area contributed by atoms with Crippen LogP contribution in [0.3, 0.4) is 0 Å². The lowest BCUT2D eigenvalue weighted by molar-refractivity contribution is -0.141. The van der Waals surface area contributed by atoms with Gasteiger partial charge < -0.3 is 26.0 Å². The molecule has 147 heavy (non-hydrogen) atoms. The van der Waals surface area contributed by atoms with Crippen LogP contribution < -0.4 is 48.2 Å². The number of hydrogen-bond donors (Lipinski definition) is 4. The predicted octanol–water partition coefficient (Wildman–Crippen LogP) is 25.7. The van der Waals surface area contributed by atoms with Gasteiger partial charge in [-0.1, -0.05) is 146 Å². The van der Waals surface area contributed by atoms with Crippen molar-refractivity contribution in [3.8, 4) is 73.1 Å². The predicted molar refractivity (Wildman–Crippen MR) is 583 cm³/mol. The van der Waals surface area contributed by atoms with Gasteiger partial charge in [0.05, 0.1) is 93.7 Å². The summed E-state index contributed by atoms with van der Waals surface area (Å²) in [6.07, 6.45) is 13.8. The van der Waals surface area contributed by atoms with E-state index in [0.717, 1.165) is 142 Å². The van der Waals surface area contributed by atoms with E-state index in [0.29, 0.717) is 73.0 Å². The Hall–Kier alpha value is -17.9. The minimum Gasteiger partial charge on any atom is -0.481 e. The SMILES string of the molecule is COc1ccc(-c2cccc3cc([C@H](C)Nc4nccc5scnc45)n(-c4ccccc4)c(=O)c23)cn1.C[C@H](Nc1nccc2scnc12)c1cc2cccc(-c3ccnc(C(F)(F)F)c3)c2c(=O)n1-c1ccccc1.C[C@H](Nc1nccc2scnc12)c1cc2cccc(-c3cncnc3)c2c(=O)n1-c1ccccc1.Cc1cncc(-c2cccc3cc([C@H](C)Nc4nccc5scnc45)n(-c4ccccc4)c(=O)c23)c1. The first kappa shape index (κ1) is 95.3. The van der Waals surface area contributed by atoms with E-state index in [1.54, 1.807) is 133 Å². The number of fused-ring (bicyclic) bond motifs is 8. The number of pyridine rings is 11. The fourth-order valence-corrected chi connectivity index (χ4v) is 21.1. The maximum absolute atomic E-state index is 14.3. The molecule has 0 bridgehead atoms. The van der Waals surface area contributed by atoms with Crippen LogP contribution in [0.2, 0.25) is 0 Å². The Morgan fingerprint density at radius 3 is 0.946 bits per heavy atom. The van der Waals surface area contributed by atoms with E-state index in [-0.39, 0.29) is 52.0 Å². The van der Waals surface area contributed by atoms with Crippen molar-refractivity contribution in [1.82, 2.24) is 83.1 Å². The number of nitrogens with zero attached hydrogens (tertiary/aromatic N) is 17. The van der Waals surface area contributed by atoms with Crippen molar-refractivity contribution in [1.29, 1.82) is 0 Å². The number of aryl methyl sites for hydroxylation is 1. The molecule has 0 unspecified atom stereocenters. The van der Waals surface area contributed by atoms with Crippen LogP contribution in [-0.2, 0) is 6.18 Å². The maximum atomic E-state index is 14.3. The van der Waals surface area contributed by atoms with E-state index in [1.807, 2.05) is 276 Å². The van der Waals surface area contributed by atoms with Gasteiger partial charge in [0.15, 0.2) is 23.3 Å². The van der Waals surface area contributed by atoms with Crippen molar-refractivity contribution in [3.63, 3.8) is 0 Å². The number of aromatic nitrogens is 17. The van der Waals surface area contributed by atoms with Crippen LogP contribution in [0.1, 0.15) is 85.9 Å². The lowest BCUT2D eigenvalue weighted by atomic mass is 9.98. The Bertz CT molecular complexity index is 9280. The molecule has 0 aliphatic carbocycles. The summed E-state index contributed by atoms with van der Waals surface area (Å²) < 4.78 is 56.6. The molecular formula is C114H86F3N21O5S4. The van der Waals surface area contributed by atoms with E-state index in [1.165, 1.54) is 23.7 Å². The van der Waals surface area contributed by atoms with Gasteiger partial charge in [0.1, 0.15) is 34.1 Å². The number of nitrogens with one attached hydrogen (secondary N) is 4. The smallest absolute Gasteiger partial charge is 0.433 e. The zero-order valence-corrected chi connectivity index (χ0v) is 82.6. The summed E-state index contributed by atoms with van der Waals surface area (Å²) >= 11 is 6.23. The number of methoxy groups -OCH3 is 1. The van der Waals surface area contributed by atoms with Crippen molar-refractivity contribution in [2.75, 3.05) is 28.4 Å². The molecular weight excluding hydrogens is 1930 g/mol. The number of thiazole rings is 4. The minimum absolute atomic E-state index is 0.0701. The highest BCUT2D eigenvalue weighted by Crippen LogP contribution is 2.41. The lowest BCUT2D eigenvalue weighted by Gasteiger charge is -2.22. The normalized spacial score (nSPS) is 12.3. The molecule has 24 aromatic rings. The highest BCUT2D eigenvalue weighted by molar-refractivity contribution is 7.17. The summed E-state index contributed by atoms with van der Waals surface area (Å²) in [6, 6.07) is 84.3. The van der Waals surface area contributed by atoms with Gasteiger partial charge >= 0.3 is 6.18 Å². The molecule has 8 aromatic carbocycles. The number of ether oxygens (including phenoxy) is 1. The third-order valence-corrected chi connectivity index (χ3v) is 28.4. The van der Waals surface area contributed by atoms with Crippen molar-refractivity contribution in [3.05, 3.63) is 439 Å². The number of anilines is 4. The van der Waals surface area contributed by atoms with Crippen molar-refractivity contribution in [2.24, 2.45) is 0 Å². The van der Waals surface area contributed by atoms with Gasteiger partial charge in [-0.3, -0.25) is 47.4 Å². The number of benzene rings is 8. The van der Waals surface area contributed by atoms with Crippen LogP contribution in [0.4, 0.5) is 36.4 Å². The Balaban J connectivity index is 0.000000115. The molecule has 33 heteroatoms. The maximum Gasteiger partial charge on any atom is 0.433 e. The van der Waals surface area contributed by atoms with Gasteiger partial charge in [-0.25, -0.2) is 54.8 Å². The number of alkyl halides is 3. The van der Waals surface area contributed by atoms with Crippen molar-refractivity contribution >= 4 is 153 Å². The summed E-state index contributed by atoms with van der Waals surface area (Å²) in [7, 11) is 1.58. The average molecular weight is 2020 g/mol. The molecule has 0 spiro atoms. The summed E-state index contributed by atoms with van der Waals surface area (Å²) in [4.78, 5) is 113. The van der Waals surface area contributed by atoms with E-state index in [9.17, 15) is 32.3 Å². The Morgan fingerprint density at radius 1 is 0.306 bits per heavy atom. The molecule has 0 radical (unpaired) electrons. The van der Waals surface area contributed by atoms with Gasteiger partial charge in [0, 0.05) is 130 Å². The second-order valence-electron chi connectivity index (χ2n) is 34.6. The standard InChI is InChI=1S/C29H20F3N5OS.C29H23N5O2S.C29H23N5OS.C27H20N6OS/c1-17(36-27-26-23(11-13-34-27)39-16-35-26)22-14-19-6-5-9-21(18-10-12-33-24(15-18)29(30,31)32)25(19)28(38)37(22)20-7-3-2-4-8-20;1-18(33-28-27-24(13-14-30-28)37-17-32-27)23-15-19-7-6-10-22(20-11-12-25(36-2)31-16-20)26(19)29(35)34(23)21-8-4-3-5-9-21;1-18-13-21(16-30-15-18)23-10-6-7-20-14-24(34(29(35)26(20)23)22-8-4-3-5-9-22)19(2)33-28-27-25(11-12-31-28)36-17-32-27;1-17(32-26-25-23(10-11-30-26)35-16-31-25)22-12-18-6-5-9-21(19-13-28-15-29-14-19)24(18)27(34)33(22)20-7-3-2-4-8-20/h2-17H,1H3,(H,34,36);3-18H,1-2H3,(H,30,33);3-17,19H,1-2H3,(H,31,33);2-17H,1H3,(H,30,32)/t17-;18-;19-;17-/m0000/s1. The monoisotopic (exact) mass is 2010 g/mol. The van der Waals surface area contributed by atoms with E-state index in [4.69, 9.17) is 4.74 Å². The van der Waals surface area contributed by atoms with Crippen LogP contribution in [0.25, 0.3) is 151 Å². The first-order chi connectivity index (χ1) is 71.7. The van der Waals surface area contributed by atoms with Crippen molar-refractivity contribution in [2.45, 2.75) is 65.0 Å². The first-order valence-corrected chi connectivity index (χ1v) is 50.2. The highest BCUT2D eigenvalue weighted by Gasteiger charge is 2.34. The number of hydrogen-bond acceptors (Lipinski definition) is 26. The quantitative estimate of drug-likeness (QED) is 0.0519. The molecule has 26 nitrogen and oxygen atoms in total. The minimum atomic E-state index is -4.60. The molecule has 4 N–H and O–H groups in total. The molecule has 0 fully saturated rings. The molecule has 722 valence electrons. The molecule has 0 aliphatic rings. The van der Waals surface area contributed by atoms with E-state index < -0.39 is 11.9 Å². The largest absolute Gasteiger partial charge is 0.481 e. The molecule has 16 heterocycles. The molecule has 16 aromatic heterocycles. The second kappa shape index (κ2) is 41.6. The first-order valence-electron chi connectivity index (χ1n) is 46.7. The summed E-state index contributed by atoms with van der Waals surface area (Å²) in [5.74, 6) is 3.21. The third kappa shape index (κ3) is 19.4. The molecule has 4 atom stereocenters. The van der Waals surface area contributed by atoms with Gasteiger partial charge in [-0.15, -0.1) is 45.3 Å². The Morgan fingerprint density at radius 2 is 0.626 bits per heavy atom. The number of halogens is 3. The van der Waals surface area contributed by atoms with Crippen LogP contribution >= 0.6 is 45.3 Å². The summed E-state index contributed by atoms with van der Waals surface area (Å²) in [5.41, 5.74) is 21.7. The van der Waals surface area contributed by atoms with Gasteiger partial charge in [-0.2, -0.15) is 13.2 Å². The third-order valence-electron chi connectivity index (χ3n) is 25.2. The van der Waals surface area contributed by atoms with E-state index >= 15 is 0 Å². The van der Waals surface area contributed by atoms with E-state index in [2.05, 4.69) is 110 Å². The zero-order chi connectivity index (χ0) is 101. The van der Waals surface area contributed by atoms with Gasteiger partial charge in [0.25, 0.3) is 22.2 Å². The zero-order valence-electron chi connectivity index (χ0n) is 79.4. The highest BCUT2D eigenvalue weighted by atomic mass is 32.1. The van der Waals surface area contributed by atoms with Crippen LogP contribution in [0.15, 0.2) is 383 Å². The summed E-state index contributed by atoms with van der Waals surface area (Å²) in [6.45, 7) is 10.0. The fraction of sp³-hybridized carbons (Fsp3) is 0.0965. The van der Waals surface area contributed by atoms with Crippen molar-refractivity contribution < 1.29 is 17.9 Å². The molecule has 0 aliphatic heterocycles. The number of rotatable bonds is 21. The van der Waals surface area contributed by atoms with Crippen LogP contribution in [0, 0.1) is 6.92 Å². The van der Waals surface area contributed by atoms with Gasteiger partial charge in [-0.05, 0) is 211 Å². The average Bonchev–Trinajstić information content (AvgIpc) is 1.76. The molecule has 0 saturated heterocycles. The van der Waals surface area contributed by atoms with Crippen LogP contribution in [-0.4, -0.2) is 90.2 Å². The molecule has 24 rings (SSSR count). The topological polar surface area (TPSA) is 313 Å². The number of para-hydroxylation sites is 4. The second-order valence-corrected chi connectivity index (χ2v) is 38.1. The molecule has 0 amide bonds. The Kier molecular flexibility index (Phi) is 26.9. The fourth-order valence-electron chi connectivity index (χ4n) is 18.4. The van der Waals surface area contributed by atoms with Gasteiger partial charge in [0.2, 0.25) is 5.88 Å².